The van der Waals surface area contributed by atoms with Crippen LogP contribution in [0.25, 0.3) is 0 Å². The van der Waals surface area contributed by atoms with Crippen LogP contribution >= 0.6 is 11.6 Å². The Labute approximate surface area is 158 Å². The van der Waals surface area contributed by atoms with E-state index in [9.17, 15) is 27.2 Å². The van der Waals surface area contributed by atoms with Crippen LogP contribution in [0.4, 0.5) is 17.6 Å². The number of methoxy groups -OCH3 is 1. The van der Waals surface area contributed by atoms with Gasteiger partial charge < -0.3 is 9.47 Å². The van der Waals surface area contributed by atoms with Gasteiger partial charge in [-0.05, 0) is 18.3 Å². The monoisotopic (exact) mass is 408 g/mol. The van der Waals surface area contributed by atoms with E-state index in [0.717, 1.165) is 0 Å². The van der Waals surface area contributed by atoms with E-state index in [1.54, 1.807) is 19.9 Å². The van der Waals surface area contributed by atoms with Gasteiger partial charge in [0.1, 0.15) is 11.6 Å². The Morgan fingerprint density at radius 1 is 1.11 bits per heavy atom. The number of allylic oxidation sites excluding steroid dienone is 1. The lowest BCUT2D eigenvalue weighted by molar-refractivity contribution is -0.147. The summed E-state index contributed by atoms with van der Waals surface area (Å²) in [6, 6.07) is 0. The summed E-state index contributed by atoms with van der Waals surface area (Å²) < 4.78 is 63.9. The third kappa shape index (κ3) is 3.81. The largest absolute Gasteiger partial charge is 0.466 e. The Hall–Kier alpha value is -2.09. The van der Waals surface area contributed by atoms with Crippen LogP contribution in [-0.2, 0) is 25.7 Å². The molecule has 1 aliphatic rings. The number of ether oxygens (including phenoxy) is 2. The second-order valence-corrected chi connectivity index (χ2v) is 7.20. The average molecular weight is 409 g/mol. The van der Waals surface area contributed by atoms with Crippen LogP contribution in [0.5, 0.6) is 0 Å². The summed E-state index contributed by atoms with van der Waals surface area (Å²) in [7, 11) is 1.22. The molecule has 0 saturated heterocycles. The molecular formula is C18H17ClF4O4. The van der Waals surface area contributed by atoms with Gasteiger partial charge in [-0.3, -0.25) is 4.79 Å². The van der Waals surface area contributed by atoms with Crippen LogP contribution in [0.15, 0.2) is 11.6 Å². The maximum atomic E-state index is 13.8. The summed E-state index contributed by atoms with van der Waals surface area (Å²) in [5.41, 5.74) is -1.34. The van der Waals surface area contributed by atoms with E-state index in [-0.39, 0.29) is 5.92 Å². The molecule has 2 atom stereocenters. The second kappa shape index (κ2) is 7.50. The molecular weight excluding hydrogens is 392 g/mol. The minimum Gasteiger partial charge on any atom is -0.466 e. The van der Waals surface area contributed by atoms with E-state index in [1.807, 2.05) is 0 Å². The highest BCUT2D eigenvalue weighted by molar-refractivity contribution is 6.30. The number of halogens is 5. The third-order valence-electron chi connectivity index (χ3n) is 4.76. The van der Waals surface area contributed by atoms with E-state index in [0.29, 0.717) is 5.57 Å². The smallest absolute Gasteiger partial charge is 0.333 e. The highest BCUT2D eigenvalue weighted by Gasteiger charge is 2.61. The topological polar surface area (TPSA) is 52.6 Å². The van der Waals surface area contributed by atoms with Gasteiger partial charge in [0, 0.05) is 5.57 Å². The lowest BCUT2D eigenvalue weighted by atomic mass is 10.1. The number of hydrogen-bond donors (Lipinski definition) is 0. The molecule has 0 unspecified atom stereocenters. The maximum absolute atomic E-state index is 13.8. The van der Waals surface area contributed by atoms with Crippen LogP contribution in [-0.4, -0.2) is 19.0 Å². The first-order valence-electron chi connectivity index (χ1n) is 7.88. The zero-order valence-electron chi connectivity index (χ0n) is 15.0. The summed E-state index contributed by atoms with van der Waals surface area (Å²) in [4.78, 5) is 23.7. The molecule has 4 nitrogen and oxygen atoms in total. The van der Waals surface area contributed by atoms with Crippen molar-refractivity contribution in [2.45, 2.75) is 27.4 Å². The van der Waals surface area contributed by atoms with E-state index in [1.165, 1.54) is 14.0 Å². The van der Waals surface area contributed by atoms with Gasteiger partial charge in [-0.25, -0.2) is 22.4 Å². The highest BCUT2D eigenvalue weighted by atomic mass is 35.5. The number of carbonyl (C=O) groups is 2. The Morgan fingerprint density at radius 2 is 1.63 bits per heavy atom. The minimum absolute atomic E-state index is 0.296. The molecule has 148 valence electrons. The van der Waals surface area contributed by atoms with Crippen LogP contribution in [0, 0.1) is 40.5 Å². The van der Waals surface area contributed by atoms with Gasteiger partial charge in [-0.2, -0.15) is 0 Å². The molecule has 9 heteroatoms. The molecule has 0 bridgehead atoms. The fourth-order valence-corrected chi connectivity index (χ4v) is 3.11. The van der Waals surface area contributed by atoms with E-state index < -0.39 is 63.7 Å². The predicted molar refractivity (Wildman–Crippen MR) is 87.6 cm³/mol. The molecule has 1 saturated carbocycles. The number of rotatable bonds is 5. The van der Waals surface area contributed by atoms with Crippen molar-refractivity contribution in [3.63, 3.8) is 0 Å². The van der Waals surface area contributed by atoms with E-state index >= 15 is 0 Å². The van der Waals surface area contributed by atoms with Crippen molar-refractivity contribution in [1.82, 2.24) is 0 Å². The number of benzene rings is 1. The molecule has 27 heavy (non-hydrogen) atoms. The SMILES string of the molecule is COC(=O)/C(C)=C/[C@@H]1[C@@H](C(=O)OCc2c(F)c(F)c(Cl)c(F)c2F)C1(C)C. The van der Waals surface area contributed by atoms with Crippen molar-refractivity contribution >= 4 is 23.5 Å². The van der Waals surface area contributed by atoms with Gasteiger partial charge in [-0.1, -0.05) is 31.5 Å². The lowest BCUT2D eigenvalue weighted by Crippen LogP contribution is -2.13. The lowest BCUT2D eigenvalue weighted by Gasteiger charge is -2.10. The predicted octanol–water partition coefficient (Wildman–Crippen LogP) is 4.33. The van der Waals surface area contributed by atoms with Crippen molar-refractivity contribution in [1.29, 1.82) is 0 Å². The average Bonchev–Trinajstić information content (AvgIpc) is 3.17. The summed E-state index contributed by atoms with van der Waals surface area (Å²) in [6.07, 6.45) is 1.56. The Bertz CT molecular complexity index is 806. The first-order chi connectivity index (χ1) is 12.4. The molecule has 0 amide bonds. The van der Waals surface area contributed by atoms with Gasteiger partial charge in [0.05, 0.1) is 18.6 Å². The van der Waals surface area contributed by atoms with Gasteiger partial charge >= 0.3 is 11.9 Å². The molecule has 0 heterocycles. The molecule has 1 fully saturated rings. The fourth-order valence-electron chi connectivity index (χ4n) is 2.95. The fraction of sp³-hybridized carbons (Fsp3) is 0.444. The molecule has 1 aromatic rings. The molecule has 1 aromatic carbocycles. The van der Waals surface area contributed by atoms with Crippen LogP contribution in [0.3, 0.4) is 0 Å². The molecule has 0 spiro atoms. The number of esters is 2. The molecule has 1 aliphatic carbocycles. The Kier molecular flexibility index (Phi) is 5.89. The van der Waals surface area contributed by atoms with Crippen LogP contribution < -0.4 is 0 Å². The zero-order valence-corrected chi connectivity index (χ0v) is 15.7. The Morgan fingerprint density at radius 3 is 2.11 bits per heavy atom. The number of carbonyl (C=O) groups excluding carboxylic acids is 2. The quantitative estimate of drug-likeness (QED) is 0.239. The van der Waals surface area contributed by atoms with E-state index in [2.05, 4.69) is 4.74 Å². The number of hydrogen-bond acceptors (Lipinski definition) is 4. The summed E-state index contributed by atoms with van der Waals surface area (Å²) in [6.45, 7) is 4.01. The van der Waals surface area contributed by atoms with Crippen molar-refractivity contribution in [2.75, 3.05) is 7.11 Å². The summed E-state index contributed by atoms with van der Waals surface area (Å²) in [5, 5.41) is -1.31. The van der Waals surface area contributed by atoms with Crippen molar-refractivity contribution in [3.05, 3.63) is 45.5 Å². The molecule has 0 N–H and O–H groups in total. The first kappa shape index (κ1) is 21.2. The molecule has 2 rings (SSSR count). The summed E-state index contributed by atoms with van der Waals surface area (Å²) >= 11 is 5.14. The van der Waals surface area contributed by atoms with Crippen molar-refractivity contribution < 1.29 is 36.6 Å². The zero-order chi connectivity index (χ0) is 20.7. The molecule has 0 aromatic heterocycles. The van der Waals surface area contributed by atoms with Crippen LogP contribution in [0.1, 0.15) is 26.3 Å². The van der Waals surface area contributed by atoms with Crippen molar-refractivity contribution in [3.8, 4) is 0 Å². The van der Waals surface area contributed by atoms with E-state index in [4.69, 9.17) is 16.3 Å². The molecule has 0 radical (unpaired) electrons. The van der Waals surface area contributed by atoms with Gasteiger partial charge in [0.15, 0.2) is 23.3 Å². The third-order valence-corrected chi connectivity index (χ3v) is 5.09. The summed E-state index contributed by atoms with van der Waals surface area (Å²) in [5.74, 6) is -9.39. The normalized spacial score (nSPS) is 21.0. The Balaban J connectivity index is 2.15. The van der Waals surface area contributed by atoms with Gasteiger partial charge in [0.25, 0.3) is 0 Å². The first-order valence-corrected chi connectivity index (χ1v) is 8.26. The highest BCUT2D eigenvalue weighted by Crippen LogP contribution is 2.60. The van der Waals surface area contributed by atoms with Crippen LogP contribution in [0.2, 0.25) is 5.02 Å². The standard InChI is InChI=1S/C18H17ClF4O4/c1-7(16(24)26-4)5-9-10(18(9,2)3)17(25)27-6-8-12(20)14(22)11(19)15(23)13(8)21/h5,9-10H,6H2,1-4H3/b7-5+/t9-,10+/m1/s1. The van der Waals surface area contributed by atoms with Gasteiger partial charge in [-0.15, -0.1) is 0 Å². The second-order valence-electron chi connectivity index (χ2n) is 6.82. The van der Waals surface area contributed by atoms with Gasteiger partial charge in [0.2, 0.25) is 0 Å². The maximum Gasteiger partial charge on any atom is 0.333 e. The molecule has 0 aliphatic heterocycles. The van der Waals surface area contributed by atoms with Crippen molar-refractivity contribution in [2.24, 2.45) is 17.3 Å². The minimum atomic E-state index is -1.76.